The third kappa shape index (κ3) is 3.67. The summed E-state index contributed by atoms with van der Waals surface area (Å²) in [5, 5.41) is 8.40. The van der Waals surface area contributed by atoms with E-state index in [1.165, 1.54) is 0 Å². The fourth-order valence-electron chi connectivity index (χ4n) is 3.41. The largest absolute Gasteiger partial charge is 0.493 e. The van der Waals surface area contributed by atoms with Crippen LogP contribution >= 0.6 is 0 Å². The zero-order valence-corrected chi connectivity index (χ0v) is 15.2. The van der Waals surface area contributed by atoms with Crippen molar-refractivity contribution in [2.75, 3.05) is 19.7 Å². The van der Waals surface area contributed by atoms with E-state index in [0.717, 1.165) is 25.2 Å². The molecule has 25 heavy (non-hydrogen) atoms. The summed E-state index contributed by atoms with van der Waals surface area (Å²) in [4.78, 5) is 15.0. The first-order chi connectivity index (χ1) is 12.1. The molecule has 1 aromatic heterocycles. The van der Waals surface area contributed by atoms with Gasteiger partial charge in [-0.15, -0.1) is 10.2 Å². The van der Waals surface area contributed by atoms with E-state index in [9.17, 15) is 4.79 Å². The monoisotopic (exact) mass is 342 g/mol. The van der Waals surface area contributed by atoms with Crippen molar-refractivity contribution in [2.45, 2.75) is 45.6 Å². The first-order valence-electron chi connectivity index (χ1n) is 9.02. The summed E-state index contributed by atoms with van der Waals surface area (Å²) in [6, 6.07) is 7.79. The van der Waals surface area contributed by atoms with Crippen LogP contribution in [0.3, 0.4) is 0 Å². The maximum absolute atomic E-state index is 13.0. The number of likely N-dealkylation sites (tertiary alicyclic amines) is 1. The summed E-state index contributed by atoms with van der Waals surface area (Å²) in [5.74, 6) is 1.89. The zero-order chi connectivity index (χ0) is 17.8. The first-order valence-corrected chi connectivity index (χ1v) is 9.02. The van der Waals surface area contributed by atoms with Crippen LogP contribution in [0.25, 0.3) is 0 Å². The molecule has 1 amide bonds. The molecule has 1 aliphatic heterocycles. The van der Waals surface area contributed by atoms with E-state index >= 15 is 0 Å². The molecule has 1 aromatic carbocycles. The Morgan fingerprint density at radius 2 is 2.16 bits per heavy atom. The van der Waals surface area contributed by atoms with Gasteiger partial charge in [0.25, 0.3) is 5.91 Å². The Hall–Kier alpha value is -2.37. The maximum atomic E-state index is 13.0. The van der Waals surface area contributed by atoms with Gasteiger partial charge in [-0.1, -0.05) is 12.1 Å². The van der Waals surface area contributed by atoms with E-state index in [2.05, 4.69) is 28.6 Å². The summed E-state index contributed by atoms with van der Waals surface area (Å²) in [5.41, 5.74) is 0.635. The Morgan fingerprint density at radius 1 is 1.36 bits per heavy atom. The average molecular weight is 342 g/mol. The van der Waals surface area contributed by atoms with Crippen molar-refractivity contribution in [1.29, 1.82) is 0 Å². The zero-order valence-electron chi connectivity index (χ0n) is 15.2. The minimum absolute atomic E-state index is 0.0318. The number of carbonyl (C=O) groups is 1. The highest BCUT2D eigenvalue weighted by Crippen LogP contribution is 2.29. The van der Waals surface area contributed by atoms with Crippen molar-refractivity contribution in [3.05, 3.63) is 42.0 Å². The highest BCUT2D eigenvalue weighted by Gasteiger charge is 2.29. The molecule has 0 aliphatic carbocycles. The van der Waals surface area contributed by atoms with E-state index in [-0.39, 0.29) is 11.8 Å². The standard InChI is InChI=1S/C19H26N4O2/c1-4-25-17-10-6-5-9-16(17)19(24)22-11-7-8-15(12-22)18-21-20-13-23(18)14(2)3/h5-6,9-10,13-15H,4,7-8,11-12H2,1-3H3/t15-/m0/s1. The quantitative estimate of drug-likeness (QED) is 0.837. The third-order valence-corrected chi connectivity index (χ3v) is 4.65. The van der Waals surface area contributed by atoms with Gasteiger partial charge < -0.3 is 14.2 Å². The minimum atomic E-state index is 0.0318. The lowest BCUT2D eigenvalue weighted by Crippen LogP contribution is -2.40. The summed E-state index contributed by atoms with van der Waals surface area (Å²) in [6.45, 7) is 8.16. The topological polar surface area (TPSA) is 60.2 Å². The summed E-state index contributed by atoms with van der Waals surface area (Å²) >= 11 is 0. The number of piperidine rings is 1. The number of hydrogen-bond donors (Lipinski definition) is 0. The van der Waals surface area contributed by atoms with E-state index in [1.54, 1.807) is 6.33 Å². The lowest BCUT2D eigenvalue weighted by molar-refractivity contribution is 0.0698. The Bertz CT molecular complexity index is 726. The van der Waals surface area contributed by atoms with Crippen molar-refractivity contribution in [3.8, 4) is 5.75 Å². The molecule has 0 bridgehead atoms. The van der Waals surface area contributed by atoms with Crippen LogP contribution in [0.4, 0.5) is 0 Å². The molecule has 2 aromatic rings. The van der Waals surface area contributed by atoms with E-state index in [0.29, 0.717) is 30.5 Å². The van der Waals surface area contributed by atoms with Crippen LogP contribution in [-0.2, 0) is 0 Å². The predicted molar refractivity (Wildman–Crippen MR) is 95.9 cm³/mol. The molecule has 6 heteroatoms. The van der Waals surface area contributed by atoms with Crippen molar-refractivity contribution in [3.63, 3.8) is 0 Å². The van der Waals surface area contributed by atoms with Crippen LogP contribution in [-0.4, -0.2) is 45.3 Å². The van der Waals surface area contributed by atoms with Gasteiger partial charge in [-0.25, -0.2) is 0 Å². The smallest absolute Gasteiger partial charge is 0.257 e. The normalized spacial score (nSPS) is 17.8. The van der Waals surface area contributed by atoms with Gasteiger partial charge in [0.2, 0.25) is 0 Å². The molecule has 0 saturated carbocycles. The number of amides is 1. The fraction of sp³-hybridized carbons (Fsp3) is 0.526. The lowest BCUT2D eigenvalue weighted by Gasteiger charge is -2.33. The van der Waals surface area contributed by atoms with Gasteiger partial charge in [-0.05, 0) is 45.7 Å². The molecule has 2 heterocycles. The van der Waals surface area contributed by atoms with Gasteiger partial charge in [-0.2, -0.15) is 0 Å². The van der Waals surface area contributed by atoms with Crippen LogP contribution in [0.1, 0.15) is 61.8 Å². The number of ether oxygens (including phenoxy) is 1. The lowest BCUT2D eigenvalue weighted by atomic mass is 9.96. The third-order valence-electron chi connectivity index (χ3n) is 4.65. The Balaban J connectivity index is 1.79. The first kappa shape index (κ1) is 17.5. The molecule has 0 unspecified atom stereocenters. The van der Waals surface area contributed by atoms with Crippen molar-refractivity contribution in [2.24, 2.45) is 0 Å². The van der Waals surface area contributed by atoms with Gasteiger partial charge >= 0.3 is 0 Å². The van der Waals surface area contributed by atoms with Gasteiger partial charge in [0.05, 0.1) is 12.2 Å². The number of para-hydroxylation sites is 1. The molecule has 0 radical (unpaired) electrons. The van der Waals surface area contributed by atoms with Crippen LogP contribution in [0, 0.1) is 0 Å². The number of benzene rings is 1. The average Bonchev–Trinajstić information content (AvgIpc) is 3.12. The molecule has 0 spiro atoms. The van der Waals surface area contributed by atoms with E-state index in [4.69, 9.17) is 4.74 Å². The van der Waals surface area contributed by atoms with Crippen LogP contribution in [0.5, 0.6) is 5.75 Å². The molecule has 6 nitrogen and oxygen atoms in total. The second kappa shape index (κ2) is 7.68. The summed E-state index contributed by atoms with van der Waals surface area (Å²) < 4.78 is 7.73. The van der Waals surface area contributed by atoms with Gasteiger partial charge in [-0.3, -0.25) is 4.79 Å². The summed E-state index contributed by atoms with van der Waals surface area (Å²) in [7, 11) is 0. The number of aromatic nitrogens is 3. The van der Waals surface area contributed by atoms with E-state index in [1.807, 2.05) is 36.1 Å². The molecule has 3 rings (SSSR count). The summed E-state index contributed by atoms with van der Waals surface area (Å²) in [6.07, 6.45) is 3.78. The van der Waals surface area contributed by atoms with E-state index < -0.39 is 0 Å². The maximum Gasteiger partial charge on any atom is 0.257 e. The number of rotatable bonds is 5. The molecule has 0 N–H and O–H groups in total. The molecule has 1 fully saturated rings. The highest BCUT2D eigenvalue weighted by atomic mass is 16.5. The molecular formula is C19H26N4O2. The Labute approximate surface area is 148 Å². The number of carbonyl (C=O) groups excluding carboxylic acids is 1. The minimum Gasteiger partial charge on any atom is -0.493 e. The van der Waals surface area contributed by atoms with Crippen LogP contribution < -0.4 is 4.74 Å². The SMILES string of the molecule is CCOc1ccccc1C(=O)N1CCC[C@H](c2nncn2C(C)C)C1. The predicted octanol–water partition coefficient (Wildman–Crippen LogP) is 3.28. The molecule has 1 aliphatic rings. The molecular weight excluding hydrogens is 316 g/mol. The molecule has 1 atom stereocenters. The number of nitrogens with zero attached hydrogens (tertiary/aromatic N) is 4. The second-order valence-corrected chi connectivity index (χ2v) is 6.71. The van der Waals surface area contributed by atoms with Crippen LogP contribution in [0.15, 0.2) is 30.6 Å². The highest BCUT2D eigenvalue weighted by molar-refractivity contribution is 5.97. The van der Waals surface area contributed by atoms with Crippen molar-refractivity contribution in [1.82, 2.24) is 19.7 Å². The Kier molecular flexibility index (Phi) is 5.36. The molecule has 134 valence electrons. The van der Waals surface area contributed by atoms with Crippen LogP contribution in [0.2, 0.25) is 0 Å². The van der Waals surface area contributed by atoms with Gasteiger partial charge in [0.1, 0.15) is 17.9 Å². The van der Waals surface area contributed by atoms with Crippen molar-refractivity contribution < 1.29 is 9.53 Å². The second-order valence-electron chi connectivity index (χ2n) is 6.71. The van der Waals surface area contributed by atoms with Gasteiger partial charge in [0.15, 0.2) is 0 Å². The van der Waals surface area contributed by atoms with Gasteiger partial charge in [0, 0.05) is 25.0 Å². The Morgan fingerprint density at radius 3 is 2.92 bits per heavy atom. The number of hydrogen-bond acceptors (Lipinski definition) is 4. The van der Waals surface area contributed by atoms with Crippen molar-refractivity contribution >= 4 is 5.91 Å². The fourth-order valence-corrected chi connectivity index (χ4v) is 3.41. The molecule has 1 saturated heterocycles.